The fourth-order valence-corrected chi connectivity index (χ4v) is 5.82. The minimum Gasteiger partial charge on any atom is -0.458 e. The van der Waals surface area contributed by atoms with Gasteiger partial charge in [-0.05, 0) is 82.6 Å². The Balaban J connectivity index is 1.67. The van der Waals surface area contributed by atoms with E-state index in [1.807, 2.05) is 13.8 Å². The van der Waals surface area contributed by atoms with Crippen molar-refractivity contribution in [2.45, 2.75) is 110 Å². The summed E-state index contributed by atoms with van der Waals surface area (Å²) in [7, 11) is 0. The van der Waals surface area contributed by atoms with Crippen LogP contribution >= 0.6 is 0 Å². The first-order chi connectivity index (χ1) is 14.9. The fraction of sp³-hybridized carbons (Fsp3) is 0.741. The largest absolute Gasteiger partial charge is 0.458 e. The predicted octanol–water partition coefficient (Wildman–Crippen LogP) is 4.61. The molecule has 6 atom stereocenters. The predicted molar refractivity (Wildman–Crippen MR) is 126 cm³/mol. The number of ether oxygens (including phenoxy) is 1. The number of aliphatic hydroxyl groups is 3. The average Bonchev–Trinajstić information content (AvgIpc) is 3.06. The van der Waals surface area contributed by atoms with Gasteiger partial charge in [-0.3, -0.25) is 4.79 Å². The summed E-state index contributed by atoms with van der Waals surface area (Å²) in [5, 5.41) is 30.3. The van der Waals surface area contributed by atoms with Crippen LogP contribution in [-0.4, -0.2) is 45.2 Å². The number of hydrogen-bond donors (Lipinski definition) is 3. The van der Waals surface area contributed by atoms with Gasteiger partial charge < -0.3 is 20.1 Å². The molecule has 0 heterocycles. The van der Waals surface area contributed by atoms with E-state index in [0.29, 0.717) is 25.2 Å². The second-order valence-electron chi connectivity index (χ2n) is 11.1. The Labute approximate surface area is 193 Å². The zero-order valence-corrected chi connectivity index (χ0v) is 20.4. The van der Waals surface area contributed by atoms with E-state index in [9.17, 15) is 20.1 Å². The molecule has 0 bridgehead atoms. The Morgan fingerprint density at radius 3 is 2.56 bits per heavy atom. The average molecular weight is 447 g/mol. The van der Waals surface area contributed by atoms with Crippen LogP contribution in [-0.2, 0) is 9.53 Å². The van der Waals surface area contributed by atoms with E-state index in [2.05, 4.69) is 25.2 Å². The lowest BCUT2D eigenvalue weighted by Gasteiger charge is -2.42. The molecule has 0 saturated heterocycles. The molecule has 0 amide bonds. The van der Waals surface area contributed by atoms with Crippen LogP contribution in [0, 0.1) is 17.3 Å². The minimum atomic E-state index is -0.869. The molecule has 1 unspecified atom stereocenters. The number of carbonyl (C=O) groups excluding carboxylic acids is 1. The quantitative estimate of drug-likeness (QED) is 0.410. The molecule has 3 rings (SSSR count). The number of hydrogen-bond acceptors (Lipinski definition) is 5. The van der Waals surface area contributed by atoms with Gasteiger partial charge in [-0.15, -0.1) is 0 Å². The molecular weight excluding hydrogens is 404 g/mol. The number of rotatable bonds is 6. The van der Waals surface area contributed by atoms with Crippen molar-refractivity contribution in [3.05, 3.63) is 34.9 Å². The molecule has 2 fully saturated rings. The Morgan fingerprint density at radius 1 is 1.28 bits per heavy atom. The Morgan fingerprint density at radius 2 is 1.94 bits per heavy atom. The lowest BCUT2D eigenvalue weighted by Crippen LogP contribution is -2.35. The molecule has 32 heavy (non-hydrogen) atoms. The van der Waals surface area contributed by atoms with Crippen molar-refractivity contribution in [2.24, 2.45) is 17.3 Å². The van der Waals surface area contributed by atoms with Gasteiger partial charge in [-0.2, -0.15) is 0 Å². The van der Waals surface area contributed by atoms with E-state index >= 15 is 0 Å². The van der Waals surface area contributed by atoms with Crippen LogP contribution in [0.25, 0.3) is 0 Å². The van der Waals surface area contributed by atoms with Crippen molar-refractivity contribution in [3.8, 4) is 0 Å². The van der Waals surface area contributed by atoms with Crippen LogP contribution < -0.4 is 0 Å². The van der Waals surface area contributed by atoms with Crippen LogP contribution in [0.2, 0.25) is 0 Å². The van der Waals surface area contributed by atoms with Crippen LogP contribution in [0.15, 0.2) is 34.9 Å². The van der Waals surface area contributed by atoms with Crippen LogP contribution in [0.4, 0.5) is 0 Å². The van der Waals surface area contributed by atoms with Crippen molar-refractivity contribution in [3.63, 3.8) is 0 Å². The van der Waals surface area contributed by atoms with Gasteiger partial charge in [-0.1, -0.05) is 43.2 Å². The van der Waals surface area contributed by atoms with Crippen molar-refractivity contribution in [1.29, 1.82) is 0 Å². The third kappa shape index (κ3) is 5.73. The highest BCUT2D eigenvalue weighted by Gasteiger charge is 2.47. The van der Waals surface area contributed by atoms with Crippen molar-refractivity contribution >= 4 is 5.97 Å². The molecule has 3 N–H and O–H groups in total. The molecule has 0 aromatic carbocycles. The standard InChI is InChI=1S/C27H42O5/c1-17-23(28)15-19(16-24(17)29)8-9-20-7-6-13-27(5)21(10-11-22(20)27)18(2)32-25(30)12-14-26(3,4)31/h8-10,17-18,22-24,28-29,31H,6-7,11-16H2,1-5H3/b19-8?,20-9+/t17?,18-,22-,23-,24+,27+/m0/s1. The van der Waals surface area contributed by atoms with E-state index in [4.69, 9.17) is 4.74 Å². The molecule has 3 aliphatic rings. The van der Waals surface area contributed by atoms with Gasteiger partial charge in [0.05, 0.1) is 17.8 Å². The molecule has 2 saturated carbocycles. The molecule has 5 heteroatoms. The maximum Gasteiger partial charge on any atom is 0.306 e. The summed E-state index contributed by atoms with van der Waals surface area (Å²) < 4.78 is 5.76. The molecule has 0 radical (unpaired) electrons. The third-order valence-electron chi connectivity index (χ3n) is 7.99. The summed E-state index contributed by atoms with van der Waals surface area (Å²) in [6.45, 7) is 9.58. The van der Waals surface area contributed by atoms with Gasteiger partial charge in [0.1, 0.15) is 6.10 Å². The number of allylic oxidation sites excluding steroid dienone is 4. The number of fused-ring (bicyclic) bond motifs is 1. The van der Waals surface area contributed by atoms with Crippen LogP contribution in [0.5, 0.6) is 0 Å². The zero-order valence-electron chi connectivity index (χ0n) is 20.4. The minimum absolute atomic E-state index is 0.0152. The summed E-state index contributed by atoms with van der Waals surface area (Å²) >= 11 is 0. The first kappa shape index (κ1) is 25.2. The molecule has 0 aliphatic heterocycles. The van der Waals surface area contributed by atoms with Gasteiger partial charge >= 0.3 is 5.97 Å². The summed E-state index contributed by atoms with van der Waals surface area (Å²) in [6.07, 6.45) is 11.5. The molecule has 3 aliphatic carbocycles. The lowest BCUT2D eigenvalue weighted by molar-refractivity contribution is -0.148. The van der Waals surface area contributed by atoms with E-state index in [0.717, 1.165) is 31.3 Å². The number of aliphatic hydroxyl groups excluding tert-OH is 2. The first-order valence-electron chi connectivity index (χ1n) is 12.3. The van der Waals surface area contributed by atoms with Gasteiger partial charge in [0, 0.05) is 12.3 Å². The van der Waals surface area contributed by atoms with E-state index in [1.165, 1.54) is 11.1 Å². The monoisotopic (exact) mass is 446 g/mol. The normalized spacial score (nSPS) is 36.7. The highest BCUT2D eigenvalue weighted by atomic mass is 16.5. The number of esters is 1. The Hall–Kier alpha value is -1.43. The molecule has 0 spiro atoms. The van der Waals surface area contributed by atoms with Crippen molar-refractivity contribution < 1.29 is 24.9 Å². The molecule has 0 aromatic heterocycles. The second kappa shape index (κ2) is 9.82. The zero-order chi connectivity index (χ0) is 23.7. The smallest absolute Gasteiger partial charge is 0.306 e. The van der Waals surface area contributed by atoms with Crippen LogP contribution in [0.3, 0.4) is 0 Å². The van der Waals surface area contributed by atoms with E-state index in [-0.39, 0.29) is 29.8 Å². The summed E-state index contributed by atoms with van der Waals surface area (Å²) in [5.74, 6) is 0.0672. The highest BCUT2D eigenvalue weighted by molar-refractivity contribution is 5.70. The van der Waals surface area contributed by atoms with Crippen molar-refractivity contribution in [1.82, 2.24) is 0 Å². The maximum atomic E-state index is 12.3. The molecular formula is C27H42O5. The fourth-order valence-electron chi connectivity index (χ4n) is 5.82. The number of carbonyl (C=O) groups is 1. The van der Waals surface area contributed by atoms with Crippen molar-refractivity contribution in [2.75, 3.05) is 0 Å². The second-order valence-corrected chi connectivity index (χ2v) is 11.1. The summed E-state index contributed by atoms with van der Waals surface area (Å²) in [6, 6.07) is 0. The SMILES string of the molecule is CC1[C@H](O)CC(=C/C=C2\CCC[C@]3(C)C([C@H](C)OC(=O)CCC(C)(C)O)=CC[C@@H]23)C[C@@H]1O. The van der Waals surface area contributed by atoms with Gasteiger partial charge in [0.15, 0.2) is 0 Å². The first-order valence-corrected chi connectivity index (χ1v) is 12.3. The Kier molecular flexibility index (Phi) is 7.73. The molecule has 0 aromatic rings. The summed E-state index contributed by atoms with van der Waals surface area (Å²) in [4.78, 5) is 12.3. The maximum absolute atomic E-state index is 12.3. The van der Waals surface area contributed by atoms with Crippen LogP contribution in [0.1, 0.15) is 86.0 Å². The van der Waals surface area contributed by atoms with E-state index in [1.54, 1.807) is 13.8 Å². The summed E-state index contributed by atoms with van der Waals surface area (Å²) in [5.41, 5.74) is 2.86. The topological polar surface area (TPSA) is 87.0 Å². The molecule has 180 valence electrons. The van der Waals surface area contributed by atoms with E-state index < -0.39 is 17.8 Å². The molecule has 5 nitrogen and oxygen atoms in total. The Bertz CT molecular complexity index is 772. The van der Waals surface area contributed by atoms with Gasteiger partial charge in [0.2, 0.25) is 0 Å². The van der Waals surface area contributed by atoms with Gasteiger partial charge in [-0.25, -0.2) is 0 Å². The van der Waals surface area contributed by atoms with Gasteiger partial charge in [0.25, 0.3) is 0 Å². The third-order valence-corrected chi connectivity index (χ3v) is 7.99. The highest BCUT2D eigenvalue weighted by Crippen LogP contribution is 2.55. The lowest BCUT2D eigenvalue weighted by atomic mass is 9.63.